The Morgan fingerprint density at radius 2 is 2.10 bits per heavy atom. The third-order valence-electron chi connectivity index (χ3n) is 2.49. The second kappa shape index (κ2) is 6.88. The van der Waals surface area contributed by atoms with Gasteiger partial charge in [-0.15, -0.1) is 0 Å². The number of hydrogen-bond donors (Lipinski definition) is 2. The van der Waals surface area contributed by atoms with Crippen molar-refractivity contribution in [1.82, 2.24) is 4.98 Å². The Labute approximate surface area is 121 Å². The molecule has 0 spiro atoms. The predicted molar refractivity (Wildman–Crippen MR) is 75.6 cm³/mol. The van der Waals surface area contributed by atoms with Gasteiger partial charge in [0.25, 0.3) is 5.91 Å². The van der Waals surface area contributed by atoms with E-state index in [1.165, 1.54) is 12.3 Å². The summed E-state index contributed by atoms with van der Waals surface area (Å²) in [6.07, 6.45) is 1.47. The molecule has 2 aromatic rings. The molecule has 0 unspecified atom stereocenters. The first-order valence-electron chi connectivity index (χ1n) is 5.92. The van der Waals surface area contributed by atoms with Crippen molar-refractivity contribution in [3.05, 3.63) is 53.2 Å². The Morgan fingerprint density at radius 1 is 1.30 bits per heavy atom. The molecule has 0 atom stereocenters. The lowest BCUT2D eigenvalue weighted by atomic mass is 10.2. The van der Waals surface area contributed by atoms with Crippen LogP contribution in [0.5, 0.6) is 5.75 Å². The fraction of sp³-hybridized carbons (Fsp3) is 0.143. The van der Waals surface area contributed by atoms with E-state index in [0.29, 0.717) is 5.02 Å². The predicted octanol–water partition coefficient (Wildman–Crippen LogP) is 2.60. The van der Waals surface area contributed by atoms with Gasteiger partial charge in [-0.1, -0.05) is 29.8 Å². The summed E-state index contributed by atoms with van der Waals surface area (Å²) in [6.45, 7) is 0.0858. The van der Waals surface area contributed by atoms with Crippen LogP contribution in [0.25, 0.3) is 0 Å². The average Bonchev–Trinajstić information content (AvgIpc) is 2.43. The molecule has 0 radical (unpaired) electrons. The van der Waals surface area contributed by atoms with E-state index in [0.717, 1.165) is 5.56 Å². The normalized spacial score (nSPS) is 10.2. The molecule has 5 nitrogen and oxygen atoms in total. The van der Waals surface area contributed by atoms with Crippen molar-refractivity contribution in [1.29, 1.82) is 0 Å². The molecule has 0 aliphatic rings. The highest BCUT2D eigenvalue weighted by Gasteiger charge is 2.07. The molecule has 1 heterocycles. The Morgan fingerprint density at radius 3 is 2.85 bits per heavy atom. The van der Waals surface area contributed by atoms with Crippen LogP contribution < -0.4 is 5.32 Å². The van der Waals surface area contributed by atoms with E-state index < -0.39 is 5.91 Å². The number of benzene rings is 1. The molecular formula is C14H13ClN2O3. The summed E-state index contributed by atoms with van der Waals surface area (Å²) in [5.74, 6) is -0.378. The van der Waals surface area contributed by atoms with Crippen LogP contribution in [-0.4, -0.2) is 22.6 Å². The van der Waals surface area contributed by atoms with Gasteiger partial charge >= 0.3 is 0 Å². The Balaban J connectivity index is 1.82. The number of ether oxygens (including phenoxy) is 1. The van der Waals surface area contributed by atoms with E-state index in [4.69, 9.17) is 16.3 Å². The minimum absolute atomic E-state index is 0.0908. The molecule has 1 aromatic carbocycles. The molecule has 20 heavy (non-hydrogen) atoms. The maximum Gasteiger partial charge on any atom is 0.251 e. The van der Waals surface area contributed by atoms with Gasteiger partial charge < -0.3 is 15.2 Å². The van der Waals surface area contributed by atoms with Crippen LogP contribution in [0, 0.1) is 0 Å². The van der Waals surface area contributed by atoms with Crippen LogP contribution in [0.1, 0.15) is 5.56 Å². The number of carbonyl (C=O) groups is 1. The van der Waals surface area contributed by atoms with Gasteiger partial charge in [-0.3, -0.25) is 4.79 Å². The van der Waals surface area contributed by atoms with Crippen LogP contribution in [0.2, 0.25) is 5.02 Å². The van der Waals surface area contributed by atoms with E-state index in [-0.39, 0.29) is 24.8 Å². The summed E-state index contributed by atoms with van der Waals surface area (Å²) < 4.78 is 5.27. The van der Waals surface area contributed by atoms with Gasteiger partial charge in [0.2, 0.25) is 0 Å². The van der Waals surface area contributed by atoms with E-state index in [2.05, 4.69) is 10.3 Å². The SMILES string of the molecule is O=C(COCc1ccccc1Cl)Nc1ncccc1O. The number of nitrogens with one attached hydrogen (secondary N) is 1. The number of nitrogens with zero attached hydrogens (tertiary/aromatic N) is 1. The highest BCUT2D eigenvalue weighted by Crippen LogP contribution is 2.18. The number of pyridine rings is 1. The highest BCUT2D eigenvalue weighted by molar-refractivity contribution is 6.31. The lowest BCUT2D eigenvalue weighted by molar-refractivity contribution is -0.121. The topological polar surface area (TPSA) is 71.5 Å². The summed E-state index contributed by atoms with van der Waals surface area (Å²) in [4.78, 5) is 15.5. The van der Waals surface area contributed by atoms with Gasteiger partial charge in [0.05, 0.1) is 6.61 Å². The summed E-state index contributed by atoms with van der Waals surface area (Å²) >= 11 is 5.97. The molecule has 6 heteroatoms. The van der Waals surface area contributed by atoms with Gasteiger partial charge in [-0.25, -0.2) is 4.98 Å². The van der Waals surface area contributed by atoms with Crippen molar-refractivity contribution in [2.24, 2.45) is 0 Å². The molecule has 0 aliphatic carbocycles. The summed E-state index contributed by atoms with van der Waals surface area (Å²) in [5.41, 5.74) is 0.808. The van der Waals surface area contributed by atoms with Crippen molar-refractivity contribution in [2.45, 2.75) is 6.61 Å². The van der Waals surface area contributed by atoms with Crippen LogP contribution in [0.15, 0.2) is 42.6 Å². The summed E-state index contributed by atoms with van der Waals surface area (Å²) in [5, 5.41) is 12.5. The zero-order chi connectivity index (χ0) is 14.4. The smallest absolute Gasteiger partial charge is 0.251 e. The Hall–Kier alpha value is -2.11. The third kappa shape index (κ3) is 3.94. The maximum absolute atomic E-state index is 11.6. The minimum Gasteiger partial charge on any atom is -0.504 e. The number of anilines is 1. The van der Waals surface area contributed by atoms with Gasteiger partial charge in [0.15, 0.2) is 11.6 Å². The molecule has 1 aromatic heterocycles. The fourth-order valence-corrected chi connectivity index (χ4v) is 1.72. The molecule has 0 saturated carbocycles. The molecule has 1 amide bonds. The lowest BCUT2D eigenvalue weighted by Gasteiger charge is -2.07. The largest absolute Gasteiger partial charge is 0.504 e. The number of halogens is 1. The molecule has 2 N–H and O–H groups in total. The van der Waals surface area contributed by atoms with Crippen LogP contribution >= 0.6 is 11.6 Å². The third-order valence-corrected chi connectivity index (χ3v) is 2.86. The number of rotatable bonds is 5. The second-order valence-corrected chi connectivity index (χ2v) is 4.41. The van der Waals surface area contributed by atoms with E-state index in [1.807, 2.05) is 18.2 Å². The van der Waals surface area contributed by atoms with Crippen LogP contribution in [0.3, 0.4) is 0 Å². The minimum atomic E-state index is -0.397. The monoisotopic (exact) mass is 292 g/mol. The molecular weight excluding hydrogens is 280 g/mol. The zero-order valence-electron chi connectivity index (χ0n) is 10.5. The number of amides is 1. The van der Waals surface area contributed by atoms with Crippen molar-refractivity contribution in [3.8, 4) is 5.75 Å². The molecule has 0 saturated heterocycles. The number of hydrogen-bond acceptors (Lipinski definition) is 4. The first-order chi connectivity index (χ1) is 9.66. The van der Waals surface area contributed by atoms with Crippen molar-refractivity contribution in [2.75, 3.05) is 11.9 Å². The molecule has 2 rings (SSSR count). The van der Waals surface area contributed by atoms with E-state index in [1.54, 1.807) is 12.1 Å². The molecule has 0 aliphatic heterocycles. The summed E-state index contributed by atoms with van der Waals surface area (Å²) in [6, 6.07) is 10.3. The van der Waals surface area contributed by atoms with Gasteiger partial charge in [0, 0.05) is 11.2 Å². The number of aromatic nitrogens is 1. The second-order valence-electron chi connectivity index (χ2n) is 4.00. The van der Waals surface area contributed by atoms with Gasteiger partial charge in [0.1, 0.15) is 6.61 Å². The Kier molecular flexibility index (Phi) is 4.92. The highest BCUT2D eigenvalue weighted by atomic mass is 35.5. The van der Waals surface area contributed by atoms with E-state index >= 15 is 0 Å². The first-order valence-corrected chi connectivity index (χ1v) is 6.29. The zero-order valence-corrected chi connectivity index (χ0v) is 11.3. The van der Waals surface area contributed by atoms with E-state index in [9.17, 15) is 9.90 Å². The first kappa shape index (κ1) is 14.3. The van der Waals surface area contributed by atoms with Gasteiger partial charge in [-0.2, -0.15) is 0 Å². The quantitative estimate of drug-likeness (QED) is 0.888. The fourth-order valence-electron chi connectivity index (χ4n) is 1.53. The maximum atomic E-state index is 11.6. The van der Waals surface area contributed by atoms with Crippen molar-refractivity contribution in [3.63, 3.8) is 0 Å². The summed E-state index contributed by atoms with van der Waals surface area (Å²) in [7, 11) is 0. The molecule has 0 fully saturated rings. The lowest BCUT2D eigenvalue weighted by Crippen LogP contribution is -2.19. The van der Waals surface area contributed by atoms with Crippen LogP contribution in [-0.2, 0) is 16.1 Å². The molecule has 0 bridgehead atoms. The Bertz CT molecular complexity index is 604. The standard InChI is InChI=1S/C14H13ClN2O3/c15-11-5-2-1-4-10(11)8-20-9-13(19)17-14-12(18)6-3-7-16-14/h1-7,18H,8-9H2,(H,16,17,19). The van der Waals surface area contributed by atoms with Crippen LogP contribution in [0.4, 0.5) is 5.82 Å². The average molecular weight is 293 g/mol. The van der Waals surface area contributed by atoms with Crippen molar-refractivity contribution >= 4 is 23.3 Å². The van der Waals surface area contributed by atoms with Gasteiger partial charge in [-0.05, 0) is 23.8 Å². The number of aromatic hydroxyl groups is 1. The number of carbonyl (C=O) groups excluding carboxylic acids is 1. The van der Waals surface area contributed by atoms with Crippen molar-refractivity contribution < 1.29 is 14.6 Å². The molecule has 104 valence electrons.